The molecule has 0 spiro atoms. The van der Waals surface area contributed by atoms with Gasteiger partial charge in [0.2, 0.25) is 5.91 Å². The molecule has 6 heteroatoms. The highest BCUT2D eigenvalue weighted by atomic mass is 16.3. The zero-order chi connectivity index (χ0) is 14.6. The molecule has 0 aliphatic carbocycles. The molecule has 0 fully saturated rings. The summed E-state index contributed by atoms with van der Waals surface area (Å²) in [6.45, 7) is 1.21. The van der Waals surface area contributed by atoms with Crippen LogP contribution in [-0.2, 0) is 11.2 Å². The Morgan fingerprint density at radius 1 is 1.40 bits per heavy atom. The van der Waals surface area contributed by atoms with Crippen molar-refractivity contribution in [2.45, 2.75) is 25.3 Å². The lowest BCUT2D eigenvalue weighted by atomic mass is 9.98. The highest BCUT2D eigenvalue weighted by Gasteiger charge is 2.28. The first-order chi connectivity index (χ1) is 9.62. The van der Waals surface area contributed by atoms with Crippen molar-refractivity contribution in [2.75, 3.05) is 13.2 Å². The third-order valence-electron chi connectivity index (χ3n) is 3.44. The number of nitrogens with zero attached hydrogens (tertiary/aromatic N) is 2. The van der Waals surface area contributed by atoms with Crippen molar-refractivity contribution < 1.29 is 15.0 Å². The second kappa shape index (κ2) is 6.02. The SMILES string of the molecule is CCC(CO)(CO)NC(=O)Cc1cn2ccccc2n1. The molecular weight excluding hydrogens is 258 g/mol. The van der Waals surface area contributed by atoms with E-state index in [4.69, 9.17) is 0 Å². The van der Waals surface area contributed by atoms with Crippen LogP contribution in [0.15, 0.2) is 30.6 Å². The van der Waals surface area contributed by atoms with E-state index in [-0.39, 0.29) is 25.5 Å². The quantitative estimate of drug-likeness (QED) is 0.700. The minimum atomic E-state index is -0.962. The highest BCUT2D eigenvalue weighted by Crippen LogP contribution is 2.10. The highest BCUT2D eigenvalue weighted by molar-refractivity contribution is 5.79. The van der Waals surface area contributed by atoms with Crippen molar-refractivity contribution in [3.05, 3.63) is 36.3 Å². The number of carbonyl (C=O) groups excluding carboxylic acids is 1. The lowest BCUT2D eigenvalue weighted by Crippen LogP contribution is -2.54. The molecule has 0 aliphatic heterocycles. The normalized spacial score (nSPS) is 11.8. The van der Waals surface area contributed by atoms with Gasteiger partial charge in [-0.1, -0.05) is 13.0 Å². The molecule has 0 saturated heterocycles. The van der Waals surface area contributed by atoms with Crippen LogP contribution in [0, 0.1) is 0 Å². The maximum Gasteiger partial charge on any atom is 0.226 e. The number of nitrogens with one attached hydrogen (secondary N) is 1. The lowest BCUT2D eigenvalue weighted by molar-refractivity contribution is -0.123. The van der Waals surface area contributed by atoms with Crippen LogP contribution < -0.4 is 5.32 Å². The summed E-state index contributed by atoms with van der Waals surface area (Å²) in [5.41, 5.74) is 0.465. The van der Waals surface area contributed by atoms with E-state index in [0.717, 1.165) is 5.65 Å². The smallest absolute Gasteiger partial charge is 0.226 e. The molecule has 2 heterocycles. The zero-order valence-electron chi connectivity index (χ0n) is 11.4. The van der Waals surface area contributed by atoms with Gasteiger partial charge in [0, 0.05) is 12.4 Å². The number of pyridine rings is 1. The number of hydrogen-bond acceptors (Lipinski definition) is 4. The molecule has 2 rings (SSSR count). The van der Waals surface area contributed by atoms with E-state index in [1.54, 1.807) is 13.1 Å². The van der Waals surface area contributed by atoms with E-state index >= 15 is 0 Å². The first-order valence-corrected chi connectivity index (χ1v) is 6.58. The number of imidazole rings is 1. The number of aromatic nitrogens is 2. The number of hydrogen-bond donors (Lipinski definition) is 3. The number of aliphatic hydroxyl groups excluding tert-OH is 2. The summed E-state index contributed by atoms with van der Waals surface area (Å²) in [5.74, 6) is -0.265. The lowest BCUT2D eigenvalue weighted by Gasteiger charge is -2.29. The Morgan fingerprint density at radius 3 is 2.75 bits per heavy atom. The molecule has 20 heavy (non-hydrogen) atoms. The molecule has 0 aliphatic rings. The van der Waals surface area contributed by atoms with Crippen LogP contribution >= 0.6 is 0 Å². The summed E-state index contributed by atoms with van der Waals surface area (Å²) in [6, 6.07) is 5.63. The Labute approximate surface area is 117 Å². The Kier molecular flexibility index (Phi) is 4.36. The van der Waals surface area contributed by atoms with Crippen molar-refractivity contribution in [2.24, 2.45) is 0 Å². The van der Waals surface area contributed by atoms with Crippen molar-refractivity contribution in [3.8, 4) is 0 Å². The summed E-state index contributed by atoms with van der Waals surface area (Å²) in [6.07, 6.45) is 4.22. The summed E-state index contributed by atoms with van der Waals surface area (Å²) in [7, 11) is 0. The predicted molar refractivity (Wildman–Crippen MR) is 74.2 cm³/mol. The monoisotopic (exact) mass is 277 g/mol. The average molecular weight is 277 g/mol. The molecule has 0 bridgehead atoms. The van der Waals surface area contributed by atoms with Crippen LogP contribution in [0.4, 0.5) is 0 Å². The van der Waals surface area contributed by atoms with Gasteiger partial charge in [-0.15, -0.1) is 0 Å². The van der Waals surface area contributed by atoms with Gasteiger partial charge in [-0.25, -0.2) is 4.98 Å². The minimum absolute atomic E-state index is 0.115. The van der Waals surface area contributed by atoms with Crippen LogP contribution in [0.5, 0.6) is 0 Å². The van der Waals surface area contributed by atoms with E-state index in [9.17, 15) is 15.0 Å². The molecule has 108 valence electrons. The Balaban J connectivity index is 2.07. The number of amides is 1. The summed E-state index contributed by atoms with van der Waals surface area (Å²) in [5, 5.41) is 21.3. The van der Waals surface area contributed by atoms with Crippen molar-refractivity contribution in [1.29, 1.82) is 0 Å². The third kappa shape index (κ3) is 2.97. The molecule has 2 aromatic rings. The van der Waals surface area contributed by atoms with E-state index in [2.05, 4.69) is 10.3 Å². The largest absolute Gasteiger partial charge is 0.394 e. The van der Waals surface area contributed by atoms with Gasteiger partial charge >= 0.3 is 0 Å². The zero-order valence-corrected chi connectivity index (χ0v) is 11.4. The second-order valence-electron chi connectivity index (χ2n) is 4.87. The van der Waals surface area contributed by atoms with E-state index in [1.807, 2.05) is 28.8 Å². The molecule has 0 radical (unpaired) electrons. The fourth-order valence-corrected chi connectivity index (χ4v) is 2.02. The summed E-state index contributed by atoms with van der Waals surface area (Å²) in [4.78, 5) is 16.3. The van der Waals surface area contributed by atoms with Gasteiger partial charge in [0.15, 0.2) is 0 Å². The van der Waals surface area contributed by atoms with Crippen LogP contribution in [-0.4, -0.2) is 44.3 Å². The molecule has 6 nitrogen and oxygen atoms in total. The van der Waals surface area contributed by atoms with Gasteiger partial charge in [-0.2, -0.15) is 0 Å². The predicted octanol–water partition coefficient (Wildman–Crippen LogP) is 0.126. The molecule has 3 N–H and O–H groups in total. The van der Waals surface area contributed by atoms with Gasteiger partial charge < -0.3 is 19.9 Å². The van der Waals surface area contributed by atoms with Crippen LogP contribution in [0.3, 0.4) is 0 Å². The molecule has 0 saturated carbocycles. The first-order valence-electron chi connectivity index (χ1n) is 6.58. The summed E-state index contributed by atoms with van der Waals surface area (Å²) < 4.78 is 1.84. The van der Waals surface area contributed by atoms with Crippen molar-refractivity contribution in [3.63, 3.8) is 0 Å². The van der Waals surface area contributed by atoms with Gasteiger partial charge in [0.1, 0.15) is 5.65 Å². The average Bonchev–Trinajstić information content (AvgIpc) is 2.87. The van der Waals surface area contributed by atoms with Gasteiger partial charge in [0.25, 0.3) is 0 Å². The Bertz CT molecular complexity index is 549. The van der Waals surface area contributed by atoms with Gasteiger partial charge in [0.05, 0.1) is 30.9 Å². The molecule has 0 unspecified atom stereocenters. The fraction of sp³-hybridized carbons (Fsp3) is 0.429. The van der Waals surface area contributed by atoms with E-state index in [1.165, 1.54) is 0 Å². The molecular formula is C14H19N3O3. The molecule has 1 amide bonds. The van der Waals surface area contributed by atoms with E-state index < -0.39 is 5.54 Å². The maximum atomic E-state index is 12.0. The standard InChI is InChI=1S/C14H19N3O3/c1-2-14(9-18,10-19)16-13(20)7-11-8-17-6-4-3-5-12(17)15-11/h3-6,8,18-19H,2,7,9-10H2,1H3,(H,16,20). The topological polar surface area (TPSA) is 86.9 Å². The minimum Gasteiger partial charge on any atom is -0.394 e. The summed E-state index contributed by atoms with van der Waals surface area (Å²) >= 11 is 0. The maximum absolute atomic E-state index is 12.0. The Hall–Kier alpha value is -1.92. The molecule has 0 aromatic carbocycles. The van der Waals surface area contributed by atoms with Crippen LogP contribution in [0.1, 0.15) is 19.0 Å². The van der Waals surface area contributed by atoms with E-state index in [0.29, 0.717) is 12.1 Å². The van der Waals surface area contributed by atoms with Crippen molar-refractivity contribution in [1.82, 2.24) is 14.7 Å². The van der Waals surface area contributed by atoms with Gasteiger partial charge in [-0.05, 0) is 18.6 Å². The number of rotatable bonds is 6. The number of carbonyl (C=O) groups is 1. The fourth-order valence-electron chi connectivity index (χ4n) is 2.02. The van der Waals surface area contributed by atoms with Crippen LogP contribution in [0.2, 0.25) is 0 Å². The Morgan fingerprint density at radius 2 is 2.15 bits per heavy atom. The van der Waals surface area contributed by atoms with Crippen LogP contribution in [0.25, 0.3) is 5.65 Å². The second-order valence-corrected chi connectivity index (χ2v) is 4.87. The van der Waals surface area contributed by atoms with Crippen molar-refractivity contribution >= 4 is 11.6 Å². The third-order valence-corrected chi connectivity index (χ3v) is 3.44. The molecule has 2 aromatic heterocycles. The first kappa shape index (κ1) is 14.5. The molecule has 0 atom stereocenters. The van der Waals surface area contributed by atoms with Gasteiger partial charge in [-0.3, -0.25) is 4.79 Å². The number of aliphatic hydroxyl groups is 2. The number of fused-ring (bicyclic) bond motifs is 1.